The molecule has 0 fully saturated rings. The number of imidazole rings is 1. The Balaban J connectivity index is 1.62. The molecule has 2 N–H and O–H groups in total. The first-order valence-electron chi connectivity index (χ1n) is 9.57. The highest BCUT2D eigenvalue weighted by Gasteiger charge is 2.28. The molecule has 1 aromatic heterocycles. The zero-order valence-corrected chi connectivity index (χ0v) is 17.1. The van der Waals surface area contributed by atoms with Crippen molar-refractivity contribution in [1.82, 2.24) is 14.9 Å². The lowest BCUT2D eigenvalue weighted by Crippen LogP contribution is -2.28. The van der Waals surface area contributed by atoms with Gasteiger partial charge in [0.1, 0.15) is 5.75 Å². The van der Waals surface area contributed by atoms with Crippen LogP contribution in [0.15, 0.2) is 60.3 Å². The third kappa shape index (κ3) is 3.55. The van der Waals surface area contributed by atoms with Crippen molar-refractivity contribution in [2.75, 3.05) is 31.7 Å². The van der Waals surface area contributed by atoms with Gasteiger partial charge in [0.2, 0.25) is 0 Å². The predicted octanol–water partition coefficient (Wildman–Crippen LogP) is 4.06. The maximum Gasteiger partial charge on any atom is 0.321 e. The zero-order chi connectivity index (χ0) is 19.7. The quantitative estimate of drug-likeness (QED) is 0.489. The van der Waals surface area contributed by atoms with Crippen LogP contribution in [0.3, 0.4) is 0 Å². The number of aromatic nitrogens is 2. The largest absolute Gasteiger partial charge is 0.609 e. The highest BCUT2D eigenvalue weighted by Crippen LogP contribution is 2.39. The predicted molar refractivity (Wildman–Crippen MR) is 116 cm³/mol. The summed E-state index contributed by atoms with van der Waals surface area (Å²) in [5.74, 6) is 0.436. The molecule has 0 spiro atoms. The normalized spacial score (nSPS) is 18.5. The summed E-state index contributed by atoms with van der Waals surface area (Å²) in [5.41, 5.74) is 5.37. The topological polar surface area (TPSA) is 67.0 Å². The summed E-state index contributed by atoms with van der Waals surface area (Å²) < 4.78 is 13.0. The molecule has 1 aliphatic heterocycles. The second-order valence-electron chi connectivity index (χ2n) is 7.42. The van der Waals surface area contributed by atoms with Gasteiger partial charge in [-0.1, -0.05) is 36.4 Å². The van der Waals surface area contributed by atoms with Crippen LogP contribution in [0.1, 0.15) is 29.5 Å². The van der Waals surface area contributed by atoms with Gasteiger partial charge < -0.3 is 14.8 Å². The van der Waals surface area contributed by atoms with Crippen molar-refractivity contribution in [3.05, 3.63) is 66.2 Å². The standard InChI is InChI=1S/C22H26N4OS/c1-4-15(14-28(27)22-24-18-10-5-6-11-19(18)25-22)16-8-7-9-17-20(26(2)3)12-13-23-21(16)17/h4-11,15,20,23H,1,12-14H2,2-3H3,(H,24,25). The fourth-order valence-corrected chi connectivity index (χ4v) is 5.19. The van der Waals surface area contributed by atoms with Crippen molar-refractivity contribution in [2.45, 2.75) is 23.5 Å². The van der Waals surface area contributed by atoms with Crippen LogP contribution in [-0.2, 0) is 11.2 Å². The van der Waals surface area contributed by atoms with E-state index in [0.29, 0.717) is 17.0 Å². The Morgan fingerprint density at radius 3 is 2.86 bits per heavy atom. The third-order valence-electron chi connectivity index (χ3n) is 5.43. The van der Waals surface area contributed by atoms with Crippen LogP contribution < -0.4 is 5.32 Å². The molecular weight excluding hydrogens is 368 g/mol. The van der Waals surface area contributed by atoms with Crippen molar-refractivity contribution < 1.29 is 4.55 Å². The van der Waals surface area contributed by atoms with E-state index in [1.54, 1.807) is 0 Å². The number of hydrogen-bond acceptors (Lipinski definition) is 4. The first-order valence-corrected chi connectivity index (χ1v) is 10.9. The Morgan fingerprint density at radius 2 is 2.11 bits per heavy atom. The number of hydrogen-bond donors (Lipinski definition) is 2. The van der Waals surface area contributed by atoms with Crippen LogP contribution in [0.5, 0.6) is 0 Å². The number of fused-ring (bicyclic) bond motifs is 2. The molecule has 2 heterocycles. The number of aromatic amines is 1. The third-order valence-corrected chi connectivity index (χ3v) is 6.72. The van der Waals surface area contributed by atoms with Crippen LogP contribution >= 0.6 is 0 Å². The lowest BCUT2D eigenvalue weighted by atomic mass is 9.89. The molecule has 0 amide bonds. The highest BCUT2D eigenvalue weighted by atomic mass is 32.2. The van der Waals surface area contributed by atoms with Crippen molar-refractivity contribution in [3.63, 3.8) is 0 Å². The fraction of sp³-hybridized carbons (Fsp3) is 0.318. The summed E-state index contributed by atoms with van der Waals surface area (Å²) in [7, 11) is 4.24. The van der Waals surface area contributed by atoms with Gasteiger partial charge in [-0.25, -0.2) is 0 Å². The summed E-state index contributed by atoms with van der Waals surface area (Å²) >= 11 is -1.24. The average molecular weight is 395 g/mol. The summed E-state index contributed by atoms with van der Waals surface area (Å²) in [6.45, 7) is 4.96. The van der Waals surface area contributed by atoms with Gasteiger partial charge in [0.05, 0.1) is 11.0 Å². The van der Waals surface area contributed by atoms with E-state index in [4.69, 9.17) is 0 Å². The Kier molecular flexibility index (Phi) is 5.44. The molecule has 1 aliphatic rings. The fourth-order valence-electron chi connectivity index (χ4n) is 3.97. The Hall–Kier alpha value is -2.28. The minimum atomic E-state index is -1.24. The lowest BCUT2D eigenvalue weighted by Gasteiger charge is -2.33. The molecule has 5 nitrogen and oxygen atoms in total. The SMILES string of the molecule is C=CC(C[S+]([O-])c1nc2ccccc2[nH]1)c1cccc2c1NCCC2N(C)C. The van der Waals surface area contributed by atoms with E-state index in [9.17, 15) is 4.55 Å². The van der Waals surface area contributed by atoms with E-state index in [-0.39, 0.29) is 5.92 Å². The van der Waals surface area contributed by atoms with Crippen LogP contribution in [0.4, 0.5) is 5.69 Å². The summed E-state index contributed by atoms with van der Waals surface area (Å²) in [4.78, 5) is 9.96. The molecule has 0 saturated heterocycles. The van der Waals surface area contributed by atoms with Crippen molar-refractivity contribution in [3.8, 4) is 0 Å². The zero-order valence-electron chi connectivity index (χ0n) is 16.3. The first-order chi connectivity index (χ1) is 13.6. The molecule has 28 heavy (non-hydrogen) atoms. The molecule has 0 aliphatic carbocycles. The number of benzene rings is 2. The van der Waals surface area contributed by atoms with E-state index in [2.05, 4.69) is 59.1 Å². The van der Waals surface area contributed by atoms with Gasteiger partial charge in [-0.3, -0.25) is 4.98 Å². The van der Waals surface area contributed by atoms with Crippen LogP contribution in [-0.4, -0.2) is 45.8 Å². The van der Waals surface area contributed by atoms with Crippen LogP contribution in [0.2, 0.25) is 0 Å². The van der Waals surface area contributed by atoms with Crippen molar-refractivity contribution in [1.29, 1.82) is 0 Å². The van der Waals surface area contributed by atoms with Gasteiger partial charge in [-0.05, 0) is 43.8 Å². The Labute approximate surface area is 169 Å². The van der Waals surface area contributed by atoms with Gasteiger partial charge in [0, 0.05) is 35.4 Å². The van der Waals surface area contributed by atoms with E-state index >= 15 is 0 Å². The molecule has 3 atom stereocenters. The Bertz CT molecular complexity index is 951. The van der Waals surface area contributed by atoms with Gasteiger partial charge in [0.25, 0.3) is 0 Å². The molecule has 0 saturated carbocycles. The van der Waals surface area contributed by atoms with Gasteiger partial charge >= 0.3 is 5.16 Å². The van der Waals surface area contributed by atoms with E-state index in [1.807, 2.05) is 30.3 Å². The van der Waals surface area contributed by atoms with E-state index in [1.165, 1.54) is 11.3 Å². The monoisotopic (exact) mass is 394 g/mol. The molecule has 3 unspecified atom stereocenters. The van der Waals surface area contributed by atoms with Crippen LogP contribution in [0, 0.1) is 0 Å². The maximum absolute atomic E-state index is 13.0. The molecule has 3 aromatic rings. The summed E-state index contributed by atoms with van der Waals surface area (Å²) in [6, 6.07) is 14.6. The number of nitrogens with zero attached hydrogens (tertiary/aromatic N) is 2. The second-order valence-corrected chi connectivity index (χ2v) is 8.83. The van der Waals surface area contributed by atoms with E-state index < -0.39 is 11.2 Å². The number of anilines is 1. The average Bonchev–Trinajstić information content (AvgIpc) is 3.15. The smallest absolute Gasteiger partial charge is 0.321 e. The first kappa shape index (κ1) is 19.1. The molecule has 0 radical (unpaired) electrons. The summed E-state index contributed by atoms with van der Waals surface area (Å²) in [5, 5.41) is 4.09. The molecular formula is C22H26N4OS. The number of para-hydroxylation sites is 3. The second kappa shape index (κ2) is 7.99. The highest BCUT2D eigenvalue weighted by molar-refractivity contribution is 7.91. The number of H-pyrrole nitrogens is 1. The number of nitrogens with one attached hydrogen (secondary N) is 2. The molecule has 2 aromatic carbocycles. The minimum Gasteiger partial charge on any atom is -0.609 e. The summed E-state index contributed by atoms with van der Waals surface area (Å²) in [6.07, 6.45) is 2.98. The Morgan fingerprint density at radius 1 is 1.29 bits per heavy atom. The number of rotatable bonds is 6. The van der Waals surface area contributed by atoms with Crippen molar-refractivity contribution >= 4 is 27.9 Å². The maximum atomic E-state index is 13.0. The number of allylic oxidation sites excluding steroid dienone is 1. The van der Waals surface area contributed by atoms with E-state index in [0.717, 1.165) is 29.6 Å². The van der Waals surface area contributed by atoms with Crippen molar-refractivity contribution in [2.24, 2.45) is 0 Å². The van der Waals surface area contributed by atoms with Gasteiger partial charge in [-0.15, -0.1) is 6.58 Å². The molecule has 6 heteroatoms. The lowest BCUT2D eigenvalue weighted by molar-refractivity contribution is 0.284. The van der Waals surface area contributed by atoms with Gasteiger partial charge in [0.15, 0.2) is 0 Å². The molecule has 146 valence electrons. The molecule has 0 bridgehead atoms. The van der Waals surface area contributed by atoms with Gasteiger partial charge in [-0.2, -0.15) is 4.98 Å². The molecule has 4 rings (SSSR count). The van der Waals surface area contributed by atoms with Crippen LogP contribution in [0.25, 0.3) is 11.0 Å². The minimum absolute atomic E-state index is 0.0163.